The molecule has 1 amide bonds. The normalized spacial score (nSPS) is 14.9. The van der Waals surface area contributed by atoms with E-state index in [9.17, 15) is 9.18 Å². The van der Waals surface area contributed by atoms with Crippen molar-refractivity contribution in [1.29, 1.82) is 0 Å². The molecule has 1 aromatic heterocycles. The zero-order chi connectivity index (χ0) is 15.5. The first-order valence-corrected chi connectivity index (χ1v) is 8.00. The number of rotatable bonds is 3. The Hall–Kier alpha value is -1.99. The number of anilines is 2. The molecule has 1 saturated heterocycles. The van der Waals surface area contributed by atoms with E-state index in [1.807, 2.05) is 6.92 Å². The average Bonchev–Trinajstić information content (AvgIpc) is 2.95. The number of amides is 1. The van der Waals surface area contributed by atoms with Crippen molar-refractivity contribution in [3.63, 3.8) is 0 Å². The van der Waals surface area contributed by atoms with Crippen LogP contribution in [0.15, 0.2) is 23.6 Å². The van der Waals surface area contributed by atoms with Gasteiger partial charge in [0.2, 0.25) is 0 Å². The number of aromatic nitrogens is 1. The number of carbonyl (C=O) groups is 1. The number of aryl methyl sites for hydroxylation is 1. The third-order valence-electron chi connectivity index (χ3n) is 3.52. The van der Waals surface area contributed by atoms with Crippen LogP contribution in [0.2, 0.25) is 0 Å². The lowest BCUT2D eigenvalue weighted by molar-refractivity contribution is 0.102. The van der Waals surface area contributed by atoms with E-state index in [4.69, 9.17) is 0 Å². The molecule has 0 saturated carbocycles. The zero-order valence-corrected chi connectivity index (χ0v) is 13.0. The van der Waals surface area contributed by atoms with Gasteiger partial charge < -0.3 is 15.5 Å². The van der Waals surface area contributed by atoms with Gasteiger partial charge >= 0.3 is 0 Å². The summed E-state index contributed by atoms with van der Waals surface area (Å²) in [7, 11) is 0. The summed E-state index contributed by atoms with van der Waals surface area (Å²) in [6, 6.07) is 4.48. The largest absolute Gasteiger partial charge is 0.367 e. The second-order valence-electron chi connectivity index (χ2n) is 5.10. The van der Waals surface area contributed by atoms with Crippen molar-refractivity contribution >= 4 is 28.6 Å². The second-order valence-corrected chi connectivity index (χ2v) is 6.17. The van der Waals surface area contributed by atoms with Crippen LogP contribution in [0.25, 0.3) is 0 Å². The fraction of sp³-hybridized carbons (Fsp3) is 0.333. The molecule has 0 unspecified atom stereocenters. The van der Waals surface area contributed by atoms with E-state index in [0.717, 1.165) is 36.9 Å². The number of piperazine rings is 1. The number of benzene rings is 1. The first kappa shape index (κ1) is 14.9. The summed E-state index contributed by atoms with van der Waals surface area (Å²) in [5.41, 5.74) is 1.68. The van der Waals surface area contributed by atoms with Gasteiger partial charge in [0.15, 0.2) is 0 Å². The van der Waals surface area contributed by atoms with Gasteiger partial charge in [0.1, 0.15) is 11.5 Å². The molecule has 1 aromatic carbocycles. The molecule has 1 aliphatic rings. The lowest BCUT2D eigenvalue weighted by Crippen LogP contribution is -2.43. The smallest absolute Gasteiger partial charge is 0.275 e. The molecule has 116 valence electrons. The molecule has 7 heteroatoms. The van der Waals surface area contributed by atoms with Gasteiger partial charge in [-0.1, -0.05) is 0 Å². The highest BCUT2D eigenvalue weighted by molar-refractivity contribution is 7.09. The number of halogens is 1. The van der Waals surface area contributed by atoms with E-state index in [1.54, 1.807) is 11.4 Å². The van der Waals surface area contributed by atoms with Gasteiger partial charge in [-0.05, 0) is 25.1 Å². The topological polar surface area (TPSA) is 57.3 Å². The van der Waals surface area contributed by atoms with Crippen LogP contribution in [0.5, 0.6) is 0 Å². The highest BCUT2D eigenvalue weighted by Gasteiger charge is 2.17. The Morgan fingerprint density at radius 3 is 2.86 bits per heavy atom. The van der Waals surface area contributed by atoms with Crippen molar-refractivity contribution in [3.05, 3.63) is 40.1 Å². The van der Waals surface area contributed by atoms with Gasteiger partial charge in [0.05, 0.1) is 16.4 Å². The van der Waals surface area contributed by atoms with E-state index in [1.165, 1.54) is 23.5 Å². The minimum atomic E-state index is -0.372. The molecule has 0 aliphatic carbocycles. The summed E-state index contributed by atoms with van der Waals surface area (Å²) in [6.45, 7) is 5.23. The van der Waals surface area contributed by atoms with Gasteiger partial charge in [-0.25, -0.2) is 9.37 Å². The van der Waals surface area contributed by atoms with E-state index >= 15 is 0 Å². The molecule has 0 spiro atoms. The molecular formula is C15H17FN4OS. The molecule has 2 heterocycles. The maximum atomic E-state index is 13.6. The molecule has 2 N–H and O–H groups in total. The Balaban J connectivity index is 1.85. The van der Waals surface area contributed by atoms with E-state index in [2.05, 4.69) is 20.5 Å². The number of hydrogen-bond donors (Lipinski definition) is 2. The first-order valence-electron chi connectivity index (χ1n) is 7.12. The van der Waals surface area contributed by atoms with Crippen LogP contribution in [0.4, 0.5) is 15.8 Å². The fourth-order valence-electron chi connectivity index (χ4n) is 2.44. The number of nitrogens with zero attached hydrogens (tertiary/aromatic N) is 2. The van der Waals surface area contributed by atoms with Crippen molar-refractivity contribution in [2.45, 2.75) is 6.92 Å². The summed E-state index contributed by atoms with van der Waals surface area (Å²) >= 11 is 1.41. The Labute approximate surface area is 132 Å². The standard InChI is InChI=1S/C15H17FN4OS/c1-10-18-13(9-22-10)15(21)19-12-8-11(16)2-3-14(12)20-6-4-17-5-7-20/h2-3,8-9,17H,4-7H2,1H3,(H,19,21). The molecule has 0 bridgehead atoms. The van der Waals surface area contributed by atoms with Crippen molar-refractivity contribution < 1.29 is 9.18 Å². The van der Waals surface area contributed by atoms with Crippen LogP contribution in [0, 0.1) is 12.7 Å². The predicted octanol–water partition coefficient (Wildman–Crippen LogP) is 2.25. The molecule has 1 fully saturated rings. The van der Waals surface area contributed by atoms with Crippen molar-refractivity contribution in [2.24, 2.45) is 0 Å². The maximum Gasteiger partial charge on any atom is 0.275 e. The van der Waals surface area contributed by atoms with Crippen LogP contribution >= 0.6 is 11.3 Å². The Bertz CT molecular complexity index is 682. The van der Waals surface area contributed by atoms with Crippen molar-refractivity contribution in [1.82, 2.24) is 10.3 Å². The molecule has 0 atom stereocenters. The SMILES string of the molecule is Cc1nc(C(=O)Nc2cc(F)ccc2N2CCNCC2)cs1. The summed E-state index contributed by atoms with van der Waals surface area (Å²) < 4.78 is 13.6. The molecular weight excluding hydrogens is 303 g/mol. The van der Waals surface area contributed by atoms with Crippen molar-refractivity contribution in [3.8, 4) is 0 Å². The molecule has 2 aromatic rings. The van der Waals surface area contributed by atoms with Gasteiger partial charge in [0, 0.05) is 31.6 Å². The first-order chi connectivity index (χ1) is 10.6. The Morgan fingerprint density at radius 1 is 1.41 bits per heavy atom. The highest BCUT2D eigenvalue weighted by Crippen LogP contribution is 2.27. The van der Waals surface area contributed by atoms with Crippen LogP contribution in [-0.2, 0) is 0 Å². The average molecular weight is 320 g/mol. The van der Waals surface area contributed by atoms with Crippen LogP contribution < -0.4 is 15.5 Å². The van der Waals surface area contributed by atoms with Gasteiger partial charge in [-0.15, -0.1) is 11.3 Å². The lowest BCUT2D eigenvalue weighted by Gasteiger charge is -2.31. The van der Waals surface area contributed by atoms with Gasteiger partial charge in [-0.3, -0.25) is 4.79 Å². The molecule has 0 radical (unpaired) electrons. The molecule has 5 nitrogen and oxygen atoms in total. The highest BCUT2D eigenvalue weighted by atomic mass is 32.1. The number of hydrogen-bond acceptors (Lipinski definition) is 5. The number of thiazole rings is 1. The molecule has 3 rings (SSSR count). The van der Waals surface area contributed by atoms with Gasteiger partial charge in [0.25, 0.3) is 5.91 Å². The molecule has 22 heavy (non-hydrogen) atoms. The van der Waals surface area contributed by atoms with Gasteiger partial charge in [-0.2, -0.15) is 0 Å². The number of carbonyl (C=O) groups excluding carboxylic acids is 1. The van der Waals surface area contributed by atoms with Crippen LogP contribution in [0.1, 0.15) is 15.5 Å². The van der Waals surface area contributed by atoms with E-state index < -0.39 is 0 Å². The van der Waals surface area contributed by atoms with E-state index in [-0.39, 0.29) is 11.7 Å². The maximum absolute atomic E-state index is 13.6. The summed E-state index contributed by atoms with van der Waals surface area (Å²) in [5.74, 6) is -0.685. The monoisotopic (exact) mass is 320 g/mol. The minimum Gasteiger partial charge on any atom is -0.367 e. The van der Waals surface area contributed by atoms with E-state index in [0.29, 0.717) is 11.4 Å². The summed E-state index contributed by atoms with van der Waals surface area (Å²) in [5, 5.41) is 8.58. The molecule has 1 aliphatic heterocycles. The summed E-state index contributed by atoms with van der Waals surface area (Å²) in [6.07, 6.45) is 0. The van der Waals surface area contributed by atoms with Crippen LogP contribution in [0.3, 0.4) is 0 Å². The third kappa shape index (κ3) is 3.26. The minimum absolute atomic E-state index is 0.314. The Kier molecular flexibility index (Phi) is 4.35. The fourth-order valence-corrected chi connectivity index (χ4v) is 3.04. The Morgan fingerprint density at radius 2 is 2.18 bits per heavy atom. The van der Waals surface area contributed by atoms with Crippen molar-refractivity contribution in [2.75, 3.05) is 36.4 Å². The summed E-state index contributed by atoms with van der Waals surface area (Å²) in [4.78, 5) is 18.6. The third-order valence-corrected chi connectivity index (χ3v) is 4.29. The number of nitrogens with one attached hydrogen (secondary N) is 2. The lowest BCUT2D eigenvalue weighted by atomic mass is 10.2. The quantitative estimate of drug-likeness (QED) is 0.911. The second kappa shape index (κ2) is 6.41. The predicted molar refractivity (Wildman–Crippen MR) is 86.3 cm³/mol. The van der Waals surface area contributed by atoms with Crippen LogP contribution in [-0.4, -0.2) is 37.1 Å². The zero-order valence-electron chi connectivity index (χ0n) is 12.2.